The van der Waals surface area contributed by atoms with Gasteiger partial charge in [0, 0.05) is 11.4 Å². The Morgan fingerprint density at radius 1 is 1.27 bits per heavy atom. The molecule has 2 N–H and O–H groups in total. The second kappa shape index (κ2) is 8.54. The van der Waals surface area contributed by atoms with Crippen LogP contribution in [0.25, 0.3) is 0 Å². The molecule has 1 aromatic heterocycles. The van der Waals surface area contributed by atoms with Crippen molar-refractivity contribution in [3.63, 3.8) is 0 Å². The molecule has 0 spiro atoms. The smallest absolute Gasteiger partial charge is 0.191 e. The van der Waals surface area contributed by atoms with E-state index in [0.717, 1.165) is 18.3 Å². The first-order chi connectivity index (χ1) is 10.7. The Kier molecular flexibility index (Phi) is 6.40. The van der Waals surface area contributed by atoms with Gasteiger partial charge in [-0.25, -0.2) is 4.99 Å². The van der Waals surface area contributed by atoms with E-state index in [1.54, 1.807) is 18.0 Å². The van der Waals surface area contributed by atoms with E-state index in [1.807, 2.05) is 12.1 Å². The molecule has 0 aliphatic heterocycles. The fourth-order valence-electron chi connectivity index (χ4n) is 2.07. The number of hydrogen-bond acceptors (Lipinski definition) is 3. The van der Waals surface area contributed by atoms with Gasteiger partial charge in [0.15, 0.2) is 5.96 Å². The van der Waals surface area contributed by atoms with Gasteiger partial charge in [-0.15, -0.1) is 11.8 Å². The summed E-state index contributed by atoms with van der Waals surface area (Å²) in [5.74, 6) is 1.69. The normalized spacial score (nSPS) is 11.5. The number of benzene rings is 1. The molecule has 0 fully saturated rings. The van der Waals surface area contributed by atoms with Gasteiger partial charge in [0.1, 0.15) is 5.76 Å². The third-order valence-electron chi connectivity index (χ3n) is 3.20. The topological polar surface area (TPSA) is 49.6 Å². The minimum absolute atomic E-state index is 0.627. The molecule has 0 amide bonds. The molecule has 5 heteroatoms. The monoisotopic (exact) mass is 317 g/mol. The Morgan fingerprint density at radius 3 is 2.82 bits per heavy atom. The van der Waals surface area contributed by atoms with E-state index in [1.165, 1.54) is 16.0 Å². The lowest BCUT2D eigenvalue weighted by Gasteiger charge is -2.11. The molecule has 1 heterocycles. The fraction of sp³-hybridized carbons (Fsp3) is 0.353. The average molecular weight is 317 g/mol. The van der Waals surface area contributed by atoms with E-state index in [2.05, 4.69) is 53.9 Å². The molecule has 1 aromatic carbocycles. The molecular formula is C17H23N3OS. The summed E-state index contributed by atoms with van der Waals surface area (Å²) >= 11 is 1.76. The third kappa shape index (κ3) is 4.84. The zero-order valence-corrected chi connectivity index (χ0v) is 14.2. The van der Waals surface area contributed by atoms with Crippen LogP contribution in [0.15, 0.2) is 50.9 Å². The quantitative estimate of drug-likeness (QED) is 0.486. The van der Waals surface area contributed by atoms with Gasteiger partial charge in [-0.1, -0.05) is 12.1 Å². The molecule has 0 aliphatic carbocycles. The minimum atomic E-state index is 0.627. The summed E-state index contributed by atoms with van der Waals surface area (Å²) in [4.78, 5) is 5.94. The van der Waals surface area contributed by atoms with Gasteiger partial charge >= 0.3 is 0 Å². The van der Waals surface area contributed by atoms with Crippen molar-refractivity contribution in [2.75, 3.05) is 12.8 Å². The molecule has 22 heavy (non-hydrogen) atoms. The molecule has 2 aromatic rings. The first-order valence-electron chi connectivity index (χ1n) is 7.41. The van der Waals surface area contributed by atoms with Crippen molar-refractivity contribution in [1.82, 2.24) is 10.6 Å². The maximum absolute atomic E-state index is 5.33. The van der Waals surface area contributed by atoms with Gasteiger partial charge in [0.25, 0.3) is 0 Å². The summed E-state index contributed by atoms with van der Waals surface area (Å²) in [6.45, 7) is 6.28. The summed E-state index contributed by atoms with van der Waals surface area (Å²) in [6.07, 6.45) is 3.78. The predicted molar refractivity (Wildman–Crippen MR) is 93.3 cm³/mol. The standard InChI is InChI=1S/C17H23N3OS/c1-4-18-17(20-12-15-6-5-9-21-15)19-11-14-8-7-13(2)10-16(14)22-3/h5-10H,4,11-12H2,1-3H3,(H2,18,19,20). The zero-order valence-electron chi connectivity index (χ0n) is 13.3. The lowest BCUT2D eigenvalue weighted by Crippen LogP contribution is -2.36. The molecule has 0 radical (unpaired) electrons. The highest BCUT2D eigenvalue weighted by atomic mass is 32.2. The summed E-state index contributed by atoms with van der Waals surface area (Å²) < 4.78 is 5.33. The Hall–Kier alpha value is -1.88. The number of aryl methyl sites for hydroxylation is 1. The molecule has 0 aliphatic rings. The molecule has 0 saturated heterocycles. The van der Waals surface area contributed by atoms with Gasteiger partial charge in [-0.05, 0) is 49.4 Å². The maximum atomic E-state index is 5.33. The number of nitrogens with zero attached hydrogens (tertiary/aromatic N) is 1. The van der Waals surface area contributed by atoms with E-state index in [0.29, 0.717) is 13.1 Å². The summed E-state index contributed by atoms with van der Waals surface area (Å²) in [5.41, 5.74) is 2.52. The largest absolute Gasteiger partial charge is 0.467 e. The highest BCUT2D eigenvalue weighted by Gasteiger charge is 2.03. The van der Waals surface area contributed by atoms with Crippen LogP contribution < -0.4 is 10.6 Å². The van der Waals surface area contributed by atoms with E-state index in [-0.39, 0.29) is 0 Å². The Labute approximate surface area is 136 Å². The SMILES string of the molecule is CCNC(=NCc1ccc(C)cc1SC)NCc1ccco1. The Bertz CT molecular complexity index is 608. The number of thioether (sulfide) groups is 1. The van der Waals surface area contributed by atoms with Crippen LogP contribution in [0, 0.1) is 6.92 Å². The molecule has 0 bridgehead atoms. The van der Waals surface area contributed by atoms with E-state index >= 15 is 0 Å². The first kappa shape index (κ1) is 16.5. The van der Waals surface area contributed by atoms with Crippen molar-refractivity contribution >= 4 is 17.7 Å². The molecule has 4 nitrogen and oxygen atoms in total. The van der Waals surface area contributed by atoms with Crippen molar-refractivity contribution in [3.8, 4) is 0 Å². The van der Waals surface area contributed by atoms with Crippen molar-refractivity contribution in [3.05, 3.63) is 53.5 Å². The summed E-state index contributed by atoms with van der Waals surface area (Å²) in [5, 5.41) is 6.54. The van der Waals surface area contributed by atoms with Gasteiger partial charge in [-0.3, -0.25) is 0 Å². The third-order valence-corrected chi connectivity index (χ3v) is 4.02. The molecule has 0 unspecified atom stereocenters. The van der Waals surface area contributed by atoms with E-state index < -0.39 is 0 Å². The van der Waals surface area contributed by atoms with Crippen LogP contribution in [0.4, 0.5) is 0 Å². The lowest BCUT2D eigenvalue weighted by molar-refractivity contribution is 0.501. The molecular weight excluding hydrogens is 294 g/mol. The van der Waals surface area contributed by atoms with Crippen LogP contribution in [0.3, 0.4) is 0 Å². The van der Waals surface area contributed by atoms with E-state index in [9.17, 15) is 0 Å². The number of guanidine groups is 1. The van der Waals surface area contributed by atoms with E-state index in [4.69, 9.17) is 4.42 Å². The predicted octanol–water partition coefficient (Wildman–Crippen LogP) is 3.57. The highest BCUT2D eigenvalue weighted by Crippen LogP contribution is 2.22. The number of nitrogens with one attached hydrogen (secondary N) is 2. The second-order valence-corrected chi connectivity index (χ2v) is 5.79. The second-order valence-electron chi connectivity index (χ2n) is 4.94. The average Bonchev–Trinajstić information content (AvgIpc) is 3.04. The maximum Gasteiger partial charge on any atom is 0.191 e. The van der Waals surface area contributed by atoms with Crippen molar-refractivity contribution < 1.29 is 4.42 Å². The number of aliphatic imine (C=N–C) groups is 1. The van der Waals surface area contributed by atoms with Gasteiger partial charge in [0.05, 0.1) is 19.4 Å². The number of rotatable bonds is 6. The number of furan rings is 1. The fourth-order valence-corrected chi connectivity index (χ4v) is 2.77. The molecule has 2 rings (SSSR count). The number of hydrogen-bond donors (Lipinski definition) is 2. The van der Waals surface area contributed by atoms with Crippen LogP contribution in [0.5, 0.6) is 0 Å². The van der Waals surface area contributed by atoms with Crippen LogP contribution in [0.1, 0.15) is 23.8 Å². The van der Waals surface area contributed by atoms with Crippen molar-refractivity contribution in [1.29, 1.82) is 0 Å². The molecule has 0 saturated carbocycles. The Balaban J connectivity index is 2.03. The Morgan fingerprint density at radius 2 is 2.14 bits per heavy atom. The highest BCUT2D eigenvalue weighted by molar-refractivity contribution is 7.98. The zero-order chi connectivity index (χ0) is 15.8. The van der Waals surface area contributed by atoms with Gasteiger partial charge < -0.3 is 15.1 Å². The molecule has 118 valence electrons. The molecule has 0 atom stereocenters. The van der Waals surface area contributed by atoms with Gasteiger partial charge in [-0.2, -0.15) is 0 Å². The first-order valence-corrected chi connectivity index (χ1v) is 8.63. The van der Waals surface area contributed by atoms with Crippen LogP contribution >= 0.6 is 11.8 Å². The van der Waals surface area contributed by atoms with Crippen LogP contribution in [-0.2, 0) is 13.1 Å². The van der Waals surface area contributed by atoms with Crippen LogP contribution in [-0.4, -0.2) is 18.8 Å². The summed E-state index contributed by atoms with van der Waals surface area (Å²) in [7, 11) is 0. The summed E-state index contributed by atoms with van der Waals surface area (Å²) in [6, 6.07) is 10.3. The lowest BCUT2D eigenvalue weighted by atomic mass is 10.1. The van der Waals surface area contributed by atoms with Crippen molar-refractivity contribution in [2.45, 2.75) is 31.8 Å². The van der Waals surface area contributed by atoms with Crippen LogP contribution in [0.2, 0.25) is 0 Å². The minimum Gasteiger partial charge on any atom is -0.467 e. The van der Waals surface area contributed by atoms with Crippen molar-refractivity contribution in [2.24, 2.45) is 4.99 Å². The van der Waals surface area contributed by atoms with Gasteiger partial charge in [0.2, 0.25) is 0 Å².